The van der Waals surface area contributed by atoms with E-state index in [4.69, 9.17) is 4.74 Å². The first-order chi connectivity index (χ1) is 13.0. The fourth-order valence-corrected chi connectivity index (χ4v) is 4.87. The molecule has 0 radical (unpaired) electrons. The van der Waals surface area contributed by atoms with Crippen LogP contribution in [0.3, 0.4) is 0 Å². The Bertz CT molecular complexity index is 801. The van der Waals surface area contributed by atoms with E-state index in [9.17, 15) is 13.2 Å². The van der Waals surface area contributed by atoms with Crippen molar-refractivity contribution >= 4 is 21.6 Å². The third kappa shape index (κ3) is 4.34. The van der Waals surface area contributed by atoms with Crippen molar-refractivity contribution in [1.82, 2.24) is 9.62 Å². The van der Waals surface area contributed by atoms with Crippen LogP contribution in [-0.2, 0) is 26.0 Å². The average molecular weight is 394 g/mol. The summed E-state index contributed by atoms with van der Waals surface area (Å²) < 4.78 is 33.2. The SMILES string of the molecule is O=C(C1CC1)N1CCc2cc(S(=O)(=O)NCCCN3CCOCC3)ccc21. The predicted octanol–water partition coefficient (Wildman–Crippen LogP) is 0.986. The summed E-state index contributed by atoms with van der Waals surface area (Å²) in [5, 5.41) is 0. The number of sulfonamides is 1. The quantitative estimate of drug-likeness (QED) is 0.699. The fraction of sp³-hybridized carbons (Fsp3) is 0.632. The summed E-state index contributed by atoms with van der Waals surface area (Å²) in [6.45, 7) is 5.27. The molecule has 3 aliphatic rings. The van der Waals surface area contributed by atoms with Gasteiger partial charge in [-0.1, -0.05) is 0 Å². The number of hydrogen-bond acceptors (Lipinski definition) is 5. The third-order valence-corrected chi connectivity index (χ3v) is 6.96. The fourth-order valence-electron chi connectivity index (χ4n) is 3.74. The molecular weight excluding hydrogens is 366 g/mol. The average Bonchev–Trinajstić information content (AvgIpc) is 3.44. The summed E-state index contributed by atoms with van der Waals surface area (Å²) >= 11 is 0. The zero-order valence-corrected chi connectivity index (χ0v) is 16.3. The molecule has 8 heteroatoms. The number of carbonyl (C=O) groups is 1. The van der Waals surface area contributed by atoms with E-state index in [-0.39, 0.29) is 16.7 Å². The van der Waals surface area contributed by atoms with Crippen molar-refractivity contribution in [2.45, 2.75) is 30.6 Å². The van der Waals surface area contributed by atoms with Gasteiger partial charge in [0.25, 0.3) is 0 Å². The lowest BCUT2D eigenvalue weighted by atomic mass is 10.2. The normalized spacial score (nSPS) is 20.7. The number of carbonyl (C=O) groups excluding carboxylic acids is 1. The molecule has 1 saturated carbocycles. The van der Waals surface area contributed by atoms with Crippen LogP contribution in [0.15, 0.2) is 23.1 Å². The van der Waals surface area contributed by atoms with Gasteiger partial charge in [0, 0.05) is 37.8 Å². The van der Waals surface area contributed by atoms with Gasteiger partial charge < -0.3 is 9.64 Å². The van der Waals surface area contributed by atoms with E-state index in [2.05, 4.69) is 9.62 Å². The van der Waals surface area contributed by atoms with Crippen LogP contribution in [0, 0.1) is 5.92 Å². The van der Waals surface area contributed by atoms with Crippen molar-refractivity contribution in [3.63, 3.8) is 0 Å². The summed E-state index contributed by atoms with van der Waals surface area (Å²) in [4.78, 5) is 16.7. The lowest BCUT2D eigenvalue weighted by Crippen LogP contribution is -2.38. The van der Waals surface area contributed by atoms with E-state index in [1.54, 1.807) is 18.2 Å². The maximum atomic E-state index is 12.6. The van der Waals surface area contributed by atoms with Gasteiger partial charge in [0.05, 0.1) is 18.1 Å². The summed E-state index contributed by atoms with van der Waals surface area (Å²) in [5.74, 6) is 0.359. The Morgan fingerprint density at radius 1 is 1.19 bits per heavy atom. The first-order valence-corrected chi connectivity index (χ1v) is 11.3. The van der Waals surface area contributed by atoms with Crippen molar-refractivity contribution < 1.29 is 17.9 Å². The monoisotopic (exact) mass is 393 g/mol. The number of fused-ring (bicyclic) bond motifs is 1. The number of amides is 1. The topological polar surface area (TPSA) is 79.0 Å². The van der Waals surface area contributed by atoms with Crippen molar-refractivity contribution in [3.05, 3.63) is 23.8 Å². The predicted molar refractivity (Wildman–Crippen MR) is 102 cm³/mol. The van der Waals surface area contributed by atoms with Crippen LogP contribution in [0.5, 0.6) is 0 Å². The zero-order valence-electron chi connectivity index (χ0n) is 15.5. The Hall–Kier alpha value is -1.48. The third-order valence-electron chi connectivity index (χ3n) is 5.50. The van der Waals surface area contributed by atoms with Gasteiger partial charge >= 0.3 is 0 Å². The van der Waals surface area contributed by atoms with Gasteiger partial charge in [-0.25, -0.2) is 13.1 Å². The van der Waals surface area contributed by atoms with E-state index in [1.165, 1.54) is 0 Å². The molecule has 0 aromatic heterocycles. The maximum Gasteiger partial charge on any atom is 0.240 e. The van der Waals surface area contributed by atoms with Crippen LogP contribution in [0.2, 0.25) is 0 Å². The minimum atomic E-state index is -3.52. The molecule has 148 valence electrons. The highest BCUT2D eigenvalue weighted by Gasteiger charge is 2.36. The van der Waals surface area contributed by atoms with Gasteiger partial charge in [-0.15, -0.1) is 0 Å². The van der Waals surface area contributed by atoms with Gasteiger partial charge in [0.2, 0.25) is 15.9 Å². The Kier molecular flexibility index (Phi) is 5.50. The lowest BCUT2D eigenvalue weighted by Gasteiger charge is -2.26. The Labute approximate surface area is 160 Å². The summed E-state index contributed by atoms with van der Waals surface area (Å²) in [6, 6.07) is 5.12. The molecule has 0 unspecified atom stereocenters. The van der Waals surface area contributed by atoms with E-state index in [0.29, 0.717) is 19.5 Å². The molecule has 2 fully saturated rings. The molecule has 0 bridgehead atoms. The van der Waals surface area contributed by atoms with Crippen LogP contribution < -0.4 is 9.62 Å². The maximum absolute atomic E-state index is 12.6. The van der Waals surface area contributed by atoms with Crippen LogP contribution >= 0.6 is 0 Å². The van der Waals surface area contributed by atoms with Gasteiger partial charge in [-0.2, -0.15) is 0 Å². The summed E-state index contributed by atoms with van der Waals surface area (Å²) in [6.07, 6.45) is 3.44. The number of anilines is 1. The van der Waals surface area contributed by atoms with E-state index < -0.39 is 10.0 Å². The second-order valence-corrected chi connectivity index (χ2v) is 9.28. The first-order valence-electron chi connectivity index (χ1n) is 9.79. The highest BCUT2D eigenvalue weighted by molar-refractivity contribution is 7.89. The Balaban J connectivity index is 1.34. The molecular formula is C19H27N3O4S. The molecule has 27 heavy (non-hydrogen) atoms. The molecule has 1 amide bonds. The summed E-state index contributed by atoms with van der Waals surface area (Å²) in [5.41, 5.74) is 1.82. The second kappa shape index (κ2) is 7.87. The zero-order chi connectivity index (χ0) is 18.9. The van der Waals surface area contributed by atoms with Crippen molar-refractivity contribution in [2.24, 2.45) is 5.92 Å². The standard InChI is InChI=1S/C19H27N3O4S/c23-19(15-2-3-15)22-9-6-16-14-17(4-5-18(16)22)27(24,25)20-7-1-8-21-10-12-26-13-11-21/h4-5,14-15,20H,1-3,6-13H2. The van der Waals surface area contributed by atoms with Crippen molar-refractivity contribution in [3.8, 4) is 0 Å². The van der Waals surface area contributed by atoms with Gasteiger partial charge in [0.15, 0.2) is 0 Å². The van der Waals surface area contributed by atoms with E-state index in [1.807, 2.05) is 4.90 Å². The molecule has 2 heterocycles. The number of benzene rings is 1. The highest BCUT2D eigenvalue weighted by Crippen LogP contribution is 2.37. The molecule has 0 spiro atoms. The first kappa shape index (κ1) is 18.9. The minimum absolute atomic E-state index is 0.174. The largest absolute Gasteiger partial charge is 0.379 e. The van der Waals surface area contributed by atoms with Crippen molar-refractivity contribution in [2.75, 3.05) is 50.8 Å². The van der Waals surface area contributed by atoms with Crippen molar-refractivity contribution in [1.29, 1.82) is 0 Å². The molecule has 0 atom stereocenters. The smallest absolute Gasteiger partial charge is 0.240 e. The van der Waals surface area contributed by atoms with Gasteiger partial charge in [0.1, 0.15) is 0 Å². The molecule has 1 aliphatic carbocycles. The van der Waals surface area contributed by atoms with Crippen LogP contribution in [0.1, 0.15) is 24.8 Å². The lowest BCUT2D eigenvalue weighted by molar-refractivity contribution is -0.119. The number of morpholine rings is 1. The van der Waals surface area contributed by atoms with Crippen LogP contribution in [-0.4, -0.2) is 65.2 Å². The number of rotatable bonds is 7. The van der Waals surface area contributed by atoms with Gasteiger partial charge in [-0.05, 0) is 56.0 Å². The second-order valence-electron chi connectivity index (χ2n) is 7.51. The minimum Gasteiger partial charge on any atom is -0.379 e. The molecule has 1 aromatic rings. The molecule has 4 rings (SSSR count). The number of ether oxygens (including phenoxy) is 1. The van der Waals surface area contributed by atoms with Crippen LogP contribution in [0.4, 0.5) is 5.69 Å². The Morgan fingerprint density at radius 2 is 1.96 bits per heavy atom. The van der Waals surface area contributed by atoms with E-state index in [0.717, 1.165) is 63.4 Å². The molecule has 1 aromatic carbocycles. The molecule has 7 nitrogen and oxygen atoms in total. The number of nitrogens with one attached hydrogen (secondary N) is 1. The highest BCUT2D eigenvalue weighted by atomic mass is 32.2. The molecule has 2 aliphatic heterocycles. The van der Waals surface area contributed by atoms with Crippen LogP contribution in [0.25, 0.3) is 0 Å². The Morgan fingerprint density at radius 3 is 2.70 bits per heavy atom. The molecule has 1 N–H and O–H groups in total. The molecule has 1 saturated heterocycles. The van der Waals surface area contributed by atoms with Gasteiger partial charge in [-0.3, -0.25) is 9.69 Å². The number of hydrogen-bond donors (Lipinski definition) is 1. The summed E-state index contributed by atoms with van der Waals surface area (Å²) in [7, 11) is -3.52. The number of nitrogens with zero attached hydrogens (tertiary/aromatic N) is 2. The van der Waals surface area contributed by atoms with E-state index >= 15 is 0 Å².